The average Bonchev–Trinajstić information content (AvgIpc) is 2.63. The van der Waals surface area contributed by atoms with E-state index >= 15 is 0 Å². The van der Waals surface area contributed by atoms with Gasteiger partial charge in [0.15, 0.2) is 0 Å². The number of amides is 3. The van der Waals surface area contributed by atoms with Gasteiger partial charge in [0.25, 0.3) is 0 Å². The molecule has 0 aromatic heterocycles. The first kappa shape index (κ1) is 13.9. The van der Waals surface area contributed by atoms with Gasteiger partial charge in [0.05, 0.1) is 5.56 Å². The number of carbonyl (C=O) groups excluding carboxylic acids is 2. The van der Waals surface area contributed by atoms with Gasteiger partial charge in [-0.3, -0.25) is 4.79 Å². The molecule has 0 bridgehead atoms. The number of carboxylic acid groups (broad SMARTS) is 1. The average molecular weight is 277 g/mol. The van der Waals surface area contributed by atoms with Crippen molar-refractivity contribution < 1.29 is 19.5 Å². The summed E-state index contributed by atoms with van der Waals surface area (Å²) in [5.41, 5.74) is 0.482. The van der Waals surface area contributed by atoms with E-state index in [1.807, 2.05) is 0 Å². The summed E-state index contributed by atoms with van der Waals surface area (Å²) in [5.74, 6) is -1.26. The summed E-state index contributed by atoms with van der Waals surface area (Å²) < 4.78 is 0. The van der Waals surface area contributed by atoms with Gasteiger partial charge in [-0.25, -0.2) is 9.59 Å². The number of nitrogens with one attached hydrogen (secondary N) is 2. The predicted molar refractivity (Wildman–Crippen MR) is 71.6 cm³/mol. The van der Waals surface area contributed by atoms with Crippen molar-refractivity contribution in [2.24, 2.45) is 0 Å². The summed E-state index contributed by atoms with van der Waals surface area (Å²) in [6, 6.07) is 5.55. The fourth-order valence-electron chi connectivity index (χ4n) is 1.91. The van der Waals surface area contributed by atoms with Crippen molar-refractivity contribution in [3.05, 3.63) is 29.8 Å². The van der Waals surface area contributed by atoms with Gasteiger partial charge in [0.2, 0.25) is 5.91 Å². The number of hydrogen-bond donors (Lipinski definition) is 3. The van der Waals surface area contributed by atoms with E-state index in [-0.39, 0.29) is 18.0 Å². The summed E-state index contributed by atoms with van der Waals surface area (Å²) in [5, 5.41) is 14.2. The number of rotatable bonds is 2. The van der Waals surface area contributed by atoms with Crippen molar-refractivity contribution in [1.82, 2.24) is 10.2 Å². The molecule has 0 unspecified atom stereocenters. The number of aromatic carboxylic acids is 1. The monoisotopic (exact) mass is 277 g/mol. The van der Waals surface area contributed by atoms with Gasteiger partial charge in [-0.15, -0.1) is 0 Å². The number of benzene rings is 1. The van der Waals surface area contributed by atoms with E-state index < -0.39 is 12.0 Å². The molecule has 0 radical (unpaired) electrons. The first-order chi connectivity index (χ1) is 9.56. The highest BCUT2D eigenvalue weighted by molar-refractivity contribution is 5.94. The van der Waals surface area contributed by atoms with Gasteiger partial charge in [-0.05, 0) is 24.6 Å². The summed E-state index contributed by atoms with van der Waals surface area (Å²) in [6.45, 7) is 1.03. The van der Waals surface area contributed by atoms with Crippen molar-refractivity contribution in [2.45, 2.75) is 6.42 Å². The molecule has 0 saturated carbocycles. The maximum Gasteiger partial charge on any atom is 0.335 e. The quantitative estimate of drug-likeness (QED) is 0.742. The summed E-state index contributed by atoms with van der Waals surface area (Å²) in [7, 11) is 0. The Bertz CT molecular complexity index is 544. The molecule has 0 aliphatic carbocycles. The lowest BCUT2D eigenvalue weighted by molar-refractivity contribution is -0.120. The molecule has 0 atom stereocenters. The highest BCUT2D eigenvalue weighted by Gasteiger charge is 2.19. The Balaban J connectivity index is 2.05. The van der Waals surface area contributed by atoms with Gasteiger partial charge in [0, 0.05) is 18.8 Å². The van der Waals surface area contributed by atoms with Crippen molar-refractivity contribution in [3.63, 3.8) is 0 Å². The molecule has 1 aliphatic heterocycles. The van der Waals surface area contributed by atoms with Crippen LogP contribution in [0, 0.1) is 0 Å². The molecular weight excluding hydrogens is 262 g/mol. The maximum absolute atomic E-state index is 12.0. The maximum atomic E-state index is 12.0. The molecule has 20 heavy (non-hydrogen) atoms. The van der Waals surface area contributed by atoms with Crippen LogP contribution in [0.5, 0.6) is 0 Å². The zero-order valence-electron chi connectivity index (χ0n) is 10.8. The Morgan fingerprint density at radius 1 is 1.35 bits per heavy atom. The third kappa shape index (κ3) is 3.47. The number of carbonyl (C=O) groups is 3. The molecule has 0 spiro atoms. The largest absolute Gasteiger partial charge is 0.478 e. The molecule has 7 heteroatoms. The lowest BCUT2D eigenvalue weighted by Gasteiger charge is -2.19. The first-order valence-electron chi connectivity index (χ1n) is 6.22. The van der Waals surface area contributed by atoms with E-state index in [1.165, 1.54) is 17.0 Å². The number of urea groups is 1. The predicted octanol–water partition coefficient (Wildman–Crippen LogP) is 0.739. The number of carboxylic acids is 1. The topological polar surface area (TPSA) is 98.7 Å². The summed E-state index contributed by atoms with van der Waals surface area (Å²) in [4.78, 5) is 35.7. The highest BCUT2D eigenvalue weighted by Crippen LogP contribution is 2.12. The minimum absolute atomic E-state index is 0.00442. The highest BCUT2D eigenvalue weighted by atomic mass is 16.4. The molecule has 106 valence electrons. The van der Waals surface area contributed by atoms with E-state index in [9.17, 15) is 14.4 Å². The summed E-state index contributed by atoms with van der Waals surface area (Å²) in [6.07, 6.45) is 0.689. The van der Waals surface area contributed by atoms with E-state index in [4.69, 9.17) is 5.11 Å². The van der Waals surface area contributed by atoms with Crippen LogP contribution in [-0.2, 0) is 4.79 Å². The minimum atomic E-state index is -1.06. The molecule has 3 N–H and O–H groups in total. The van der Waals surface area contributed by atoms with Crippen LogP contribution in [-0.4, -0.2) is 47.5 Å². The minimum Gasteiger partial charge on any atom is -0.478 e. The van der Waals surface area contributed by atoms with Crippen LogP contribution >= 0.6 is 0 Å². The van der Waals surface area contributed by atoms with Crippen LogP contribution in [0.4, 0.5) is 10.5 Å². The normalized spacial score (nSPS) is 15.2. The molecular formula is C13H15N3O4. The fraction of sp³-hybridized carbons (Fsp3) is 0.308. The zero-order chi connectivity index (χ0) is 14.5. The van der Waals surface area contributed by atoms with E-state index in [1.54, 1.807) is 12.1 Å². The van der Waals surface area contributed by atoms with Crippen molar-refractivity contribution in [1.29, 1.82) is 0 Å². The standard InChI is InChI=1S/C13H15N3O4/c17-11-8-16(6-2-5-14-11)13(20)15-10-4-1-3-9(7-10)12(18)19/h1,3-4,7H,2,5-6,8H2,(H,14,17)(H,15,20)(H,18,19). The second-order valence-electron chi connectivity index (χ2n) is 4.44. The van der Waals surface area contributed by atoms with E-state index in [0.717, 1.165) is 0 Å². The van der Waals surface area contributed by atoms with Gasteiger partial charge in [-0.2, -0.15) is 0 Å². The fourth-order valence-corrected chi connectivity index (χ4v) is 1.91. The molecule has 1 aromatic rings. The lowest BCUT2D eigenvalue weighted by Crippen LogP contribution is -2.39. The Labute approximate surface area is 115 Å². The van der Waals surface area contributed by atoms with Crippen LogP contribution < -0.4 is 10.6 Å². The van der Waals surface area contributed by atoms with Crippen molar-refractivity contribution in [3.8, 4) is 0 Å². The second-order valence-corrected chi connectivity index (χ2v) is 4.44. The molecule has 2 rings (SSSR count). The SMILES string of the molecule is O=C1CN(C(=O)Nc2cccc(C(=O)O)c2)CCCN1. The Morgan fingerprint density at radius 3 is 2.90 bits per heavy atom. The van der Waals surface area contributed by atoms with Crippen LogP contribution in [0.15, 0.2) is 24.3 Å². The van der Waals surface area contributed by atoms with Gasteiger partial charge in [0.1, 0.15) is 6.54 Å². The Kier molecular flexibility index (Phi) is 4.19. The molecule has 3 amide bonds. The van der Waals surface area contributed by atoms with E-state index in [2.05, 4.69) is 10.6 Å². The van der Waals surface area contributed by atoms with Crippen molar-refractivity contribution in [2.75, 3.05) is 25.0 Å². The Hall–Kier alpha value is -2.57. The molecule has 1 saturated heterocycles. The summed E-state index contributed by atoms with van der Waals surface area (Å²) >= 11 is 0. The van der Waals surface area contributed by atoms with Gasteiger partial charge < -0.3 is 20.6 Å². The second kappa shape index (κ2) is 6.05. The third-order valence-electron chi connectivity index (χ3n) is 2.91. The van der Waals surface area contributed by atoms with Crippen molar-refractivity contribution >= 4 is 23.6 Å². The number of hydrogen-bond acceptors (Lipinski definition) is 3. The number of nitrogens with zero attached hydrogens (tertiary/aromatic N) is 1. The zero-order valence-corrected chi connectivity index (χ0v) is 10.8. The molecule has 1 heterocycles. The Morgan fingerprint density at radius 2 is 2.15 bits per heavy atom. The molecule has 1 aromatic carbocycles. The van der Waals surface area contributed by atoms with Crippen LogP contribution in [0.1, 0.15) is 16.8 Å². The van der Waals surface area contributed by atoms with Crippen LogP contribution in [0.3, 0.4) is 0 Å². The molecule has 1 fully saturated rings. The number of anilines is 1. The van der Waals surface area contributed by atoms with E-state index in [0.29, 0.717) is 25.2 Å². The smallest absolute Gasteiger partial charge is 0.335 e. The lowest BCUT2D eigenvalue weighted by atomic mass is 10.2. The van der Waals surface area contributed by atoms with Crippen LogP contribution in [0.25, 0.3) is 0 Å². The first-order valence-corrected chi connectivity index (χ1v) is 6.22. The molecule has 1 aliphatic rings. The van der Waals surface area contributed by atoms with Gasteiger partial charge >= 0.3 is 12.0 Å². The third-order valence-corrected chi connectivity index (χ3v) is 2.91. The van der Waals surface area contributed by atoms with Gasteiger partial charge in [-0.1, -0.05) is 6.07 Å². The molecule has 7 nitrogen and oxygen atoms in total. The van der Waals surface area contributed by atoms with Crippen LogP contribution in [0.2, 0.25) is 0 Å².